The van der Waals surface area contributed by atoms with Gasteiger partial charge in [-0.05, 0) is 55.9 Å². The molecular formula is C18H25NO. The minimum absolute atomic E-state index is 0.212. The molecule has 20 heavy (non-hydrogen) atoms. The van der Waals surface area contributed by atoms with Gasteiger partial charge in [0, 0.05) is 12.5 Å². The van der Waals surface area contributed by atoms with E-state index in [1.54, 1.807) is 0 Å². The molecule has 0 aromatic heterocycles. The Balaban J connectivity index is 1.44. The van der Waals surface area contributed by atoms with Gasteiger partial charge in [-0.15, -0.1) is 0 Å². The minimum Gasteiger partial charge on any atom is -0.353 e. The predicted molar refractivity (Wildman–Crippen MR) is 81.3 cm³/mol. The van der Waals surface area contributed by atoms with Crippen LogP contribution in [0.2, 0.25) is 0 Å². The number of amides is 1. The highest BCUT2D eigenvalue weighted by molar-refractivity contribution is 5.76. The second-order valence-corrected chi connectivity index (χ2v) is 6.68. The van der Waals surface area contributed by atoms with E-state index in [1.165, 1.54) is 31.2 Å². The number of carbonyl (C=O) groups excluding carboxylic acids is 1. The molecule has 2 heteroatoms. The van der Waals surface area contributed by atoms with Crippen LogP contribution >= 0.6 is 0 Å². The number of carbonyl (C=O) groups is 1. The summed E-state index contributed by atoms with van der Waals surface area (Å²) in [6.07, 6.45) is 7.01. The SMILES string of the molecule is C[C@@H](NC(=O)CCc1ccccc1)[C@H]1C[C@@H]2CC[C@@H]1C2. The third-order valence-electron chi connectivity index (χ3n) is 5.31. The van der Waals surface area contributed by atoms with Gasteiger partial charge in [0.2, 0.25) is 5.91 Å². The van der Waals surface area contributed by atoms with Crippen LogP contribution in [0, 0.1) is 17.8 Å². The van der Waals surface area contributed by atoms with Gasteiger partial charge in [-0.3, -0.25) is 4.79 Å². The van der Waals surface area contributed by atoms with E-state index in [2.05, 4.69) is 24.4 Å². The van der Waals surface area contributed by atoms with Crippen molar-refractivity contribution in [2.75, 3.05) is 0 Å². The van der Waals surface area contributed by atoms with Gasteiger partial charge in [0.15, 0.2) is 0 Å². The molecule has 0 radical (unpaired) electrons. The molecule has 0 heterocycles. The minimum atomic E-state index is 0.212. The molecule has 108 valence electrons. The van der Waals surface area contributed by atoms with Gasteiger partial charge >= 0.3 is 0 Å². The van der Waals surface area contributed by atoms with E-state index in [1.807, 2.05) is 18.2 Å². The first kappa shape index (κ1) is 13.7. The molecule has 3 rings (SSSR count). The average molecular weight is 271 g/mol. The molecule has 0 aliphatic heterocycles. The zero-order chi connectivity index (χ0) is 13.9. The van der Waals surface area contributed by atoms with Crippen LogP contribution < -0.4 is 5.32 Å². The molecule has 0 unspecified atom stereocenters. The Bertz CT molecular complexity index is 456. The van der Waals surface area contributed by atoms with Crippen LogP contribution in [0.25, 0.3) is 0 Å². The van der Waals surface area contributed by atoms with Crippen molar-refractivity contribution in [3.05, 3.63) is 35.9 Å². The molecule has 1 N–H and O–H groups in total. The summed E-state index contributed by atoms with van der Waals surface area (Å²) in [5, 5.41) is 3.24. The molecule has 2 bridgehead atoms. The van der Waals surface area contributed by atoms with E-state index in [-0.39, 0.29) is 5.91 Å². The van der Waals surface area contributed by atoms with Gasteiger partial charge in [-0.25, -0.2) is 0 Å². The molecule has 4 atom stereocenters. The van der Waals surface area contributed by atoms with Crippen LogP contribution in [-0.2, 0) is 11.2 Å². The summed E-state index contributed by atoms with van der Waals surface area (Å²) >= 11 is 0. The quantitative estimate of drug-likeness (QED) is 0.871. The molecule has 1 aromatic rings. The Morgan fingerprint density at radius 2 is 2.05 bits per heavy atom. The molecule has 1 amide bonds. The molecule has 2 saturated carbocycles. The first-order valence-corrected chi connectivity index (χ1v) is 8.05. The maximum atomic E-state index is 12.1. The molecule has 0 saturated heterocycles. The van der Waals surface area contributed by atoms with Gasteiger partial charge in [0.05, 0.1) is 0 Å². The maximum Gasteiger partial charge on any atom is 0.220 e. The summed E-state index contributed by atoms with van der Waals surface area (Å²) in [6.45, 7) is 2.20. The van der Waals surface area contributed by atoms with Gasteiger partial charge < -0.3 is 5.32 Å². The van der Waals surface area contributed by atoms with Crippen LogP contribution in [0.15, 0.2) is 30.3 Å². The van der Waals surface area contributed by atoms with Crippen LogP contribution in [-0.4, -0.2) is 11.9 Å². The van der Waals surface area contributed by atoms with E-state index < -0.39 is 0 Å². The van der Waals surface area contributed by atoms with Crippen LogP contribution in [0.3, 0.4) is 0 Å². The predicted octanol–water partition coefficient (Wildman–Crippen LogP) is 3.56. The van der Waals surface area contributed by atoms with Crippen LogP contribution in [0.4, 0.5) is 0 Å². The summed E-state index contributed by atoms with van der Waals surface area (Å²) in [5.74, 6) is 2.77. The van der Waals surface area contributed by atoms with Crippen molar-refractivity contribution in [3.63, 3.8) is 0 Å². The first-order valence-electron chi connectivity index (χ1n) is 8.05. The number of aryl methyl sites for hydroxylation is 1. The van der Waals surface area contributed by atoms with Crippen molar-refractivity contribution in [2.24, 2.45) is 17.8 Å². The number of rotatable bonds is 5. The van der Waals surface area contributed by atoms with Gasteiger partial charge in [0.25, 0.3) is 0 Å². The molecule has 2 aliphatic rings. The third kappa shape index (κ3) is 3.05. The zero-order valence-corrected chi connectivity index (χ0v) is 12.3. The number of hydrogen-bond acceptors (Lipinski definition) is 1. The zero-order valence-electron chi connectivity index (χ0n) is 12.3. The summed E-state index contributed by atoms with van der Waals surface area (Å²) in [5.41, 5.74) is 1.25. The summed E-state index contributed by atoms with van der Waals surface area (Å²) in [4.78, 5) is 12.1. The van der Waals surface area contributed by atoms with E-state index in [9.17, 15) is 4.79 Å². The average Bonchev–Trinajstić information content (AvgIpc) is 3.09. The van der Waals surface area contributed by atoms with Crippen molar-refractivity contribution >= 4 is 5.91 Å². The van der Waals surface area contributed by atoms with Gasteiger partial charge in [-0.2, -0.15) is 0 Å². The second-order valence-electron chi connectivity index (χ2n) is 6.68. The Labute approximate surface area is 122 Å². The third-order valence-corrected chi connectivity index (χ3v) is 5.31. The molecule has 2 fully saturated rings. The lowest BCUT2D eigenvalue weighted by Crippen LogP contribution is -2.40. The van der Waals surface area contributed by atoms with Crippen molar-refractivity contribution in [1.82, 2.24) is 5.32 Å². The molecule has 0 spiro atoms. The lowest BCUT2D eigenvalue weighted by molar-refractivity contribution is -0.122. The lowest BCUT2D eigenvalue weighted by atomic mass is 9.84. The Morgan fingerprint density at radius 3 is 2.70 bits per heavy atom. The second kappa shape index (κ2) is 5.99. The Kier molecular flexibility index (Phi) is 4.09. The topological polar surface area (TPSA) is 29.1 Å². The van der Waals surface area contributed by atoms with E-state index in [4.69, 9.17) is 0 Å². The standard InChI is InChI=1S/C18H25NO/c1-13(17-12-15-7-9-16(17)11-15)19-18(20)10-8-14-5-3-2-4-6-14/h2-6,13,15-17H,7-12H2,1H3,(H,19,20)/t13-,15-,16-,17-/m1/s1. The highest BCUT2D eigenvalue weighted by Crippen LogP contribution is 2.49. The Hall–Kier alpha value is -1.31. The van der Waals surface area contributed by atoms with Crippen molar-refractivity contribution in [3.8, 4) is 0 Å². The molecular weight excluding hydrogens is 246 g/mol. The molecule has 2 aliphatic carbocycles. The number of nitrogens with one attached hydrogen (secondary N) is 1. The summed E-state index contributed by atoms with van der Waals surface area (Å²) < 4.78 is 0. The highest BCUT2D eigenvalue weighted by atomic mass is 16.1. The van der Waals surface area contributed by atoms with Gasteiger partial charge in [0.1, 0.15) is 0 Å². The molecule has 2 nitrogen and oxygen atoms in total. The number of fused-ring (bicyclic) bond motifs is 2. The van der Waals surface area contributed by atoms with Crippen molar-refractivity contribution in [1.29, 1.82) is 0 Å². The van der Waals surface area contributed by atoms with Crippen LogP contribution in [0.5, 0.6) is 0 Å². The fraction of sp³-hybridized carbons (Fsp3) is 0.611. The fourth-order valence-corrected chi connectivity index (χ4v) is 4.24. The largest absolute Gasteiger partial charge is 0.353 e. The maximum absolute atomic E-state index is 12.1. The number of hydrogen-bond donors (Lipinski definition) is 1. The summed E-state index contributed by atoms with van der Waals surface area (Å²) in [7, 11) is 0. The van der Waals surface area contributed by atoms with Crippen molar-refractivity contribution in [2.45, 2.75) is 51.5 Å². The number of benzene rings is 1. The van der Waals surface area contributed by atoms with E-state index in [0.717, 1.165) is 24.2 Å². The fourth-order valence-electron chi connectivity index (χ4n) is 4.24. The normalized spacial score (nSPS) is 29.4. The Morgan fingerprint density at radius 1 is 1.25 bits per heavy atom. The van der Waals surface area contributed by atoms with Crippen molar-refractivity contribution < 1.29 is 4.79 Å². The first-order chi connectivity index (χ1) is 9.72. The van der Waals surface area contributed by atoms with E-state index >= 15 is 0 Å². The van der Waals surface area contributed by atoms with Crippen LogP contribution in [0.1, 0.15) is 44.6 Å². The lowest BCUT2D eigenvalue weighted by Gasteiger charge is -2.28. The summed E-state index contributed by atoms with van der Waals surface area (Å²) in [6, 6.07) is 10.6. The highest BCUT2D eigenvalue weighted by Gasteiger charge is 2.41. The van der Waals surface area contributed by atoms with E-state index in [0.29, 0.717) is 12.5 Å². The smallest absolute Gasteiger partial charge is 0.220 e. The van der Waals surface area contributed by atoms with Gasteiger partial charge in [-0.1, -0.05) is 36.8 Å². The molecule has 1 aromatic carbocycles. The monoisotopic (exact) mass is 271 g/mol.